The summed E-state index contributed by atoms with van der Waals surface area (Å²) in [5, 5.41) is 0. The lowest BCUT2D eigenvalue weighted by atomic mass is 9.84. The van der Waals surface area contributed by atoms with Gasteiger partial charge in [-0.25, -0.2) is 4.98 Å². The summed E-state index contributed by atoms with van der Waals surface area (Å²) in [6.07, 6.45) is 45.8. The van der Waals surface area contributed by atoms with Crippen molar-refractivity contribution in [3.8, 4) is 0 Å². The molecule has 43 heavy (non-hydrogen) atoms. The highest BCUT2D eigenvalue weighted by Crippen LogP contribution is 2.32. The minimum atomic E-state index is 0.573. The summed E-state index contributed by atoms with van der Waals surface area (Å²) in [5.74, 6) is 0.692. The molecule has 0 aliphatic heterocycles. The van der Waals surface area contributed by atoms with Crippen molar-refractivity contribution in [3.05, 3.63) is 54.6 Å². The van der Waals surface area contributed by atoms with E-state index in [0.29, 0.717) is 12.0 Å². The van der Waals surface area contributed by atoms with Gasteiger partial charge < -0.3 is 4.57 Å². The Morgan fingerprint density at radius 1 is 0.512 bits per heavy atom. The number of aromatic nitrogens is 2. The van der Waals surface area contributed by atoms with Crippen LogP contribution in [0.25, 0.3) is 0 Å². The maximum absolute atomic E-state index is 4.47. The summed E-state index contributed by atoms with van der Waals surface area (Å²) >= 11 is 0. The van der Waals surface area contributed by atoms with E-state index in [1.165, 1.54) is 185 Å². The predicted molar refractivity (Wildman–Crippen MR) is 191 cm³/mol. The molecule has 2 nitrogen and oxygen atoms in total. The summed E-state index contributed by atoms with van der Waals surface area (Å²) in [6, 6.07) is 11.8. The number of hydrogen-bond donors (Lipinski definition) is 0. The zero-order valence-electron chi connectivity index (χ0n) is 29.0. The average molecular weight is 593 g/mol. The summed E-state index contributed by atoms with van der Waals surface area (Å²) in [7, 11) is 0. The molecule has 2 heteroatoms. The minimum absolute atomic E-state index is 0.573. The van der Waals surface area contributed by atoms with Crippen molar-refractivity contribution in [2.24, 2.45) is 5.92 Å². The second-order valence-electron chi connectivity index (χ2n) is 13.7. The smallest absolute Gasteiger partial charge is 0.0948 e. The molecule has 0 amide bonds. The Labute approximate surface area is 269 Å². The summed E-state index contributed by atoms with van der Waals surface area (Å²) in [4.78, 5) is 4.47. The Balaban J connectivity index is 1.64. The first-order chi connectivity index (χ1) is 21.3. The van der Waals surface area contributed by atoms with E-state index in [0.717, 1.165) is 0 Å². The fourth-order valence-electron chi connectivity index (χ4n) is 7.06. The van der Waals surface area contributed by atoms with Crippen molar-refractivity contribution in [2.45, 2.75) is 200 Å². The molecule has 0 aliphatic carbocycles. The maximum Gasteiger partial charge on any atom is 0.0948 e. The van der Waals surface area contributed by atoms with Gasteiger partial charge in [0.25, 0.3) is 0 Å². The summed E-state index contributed by atoms with van der Waals surface area (Å²) in [5.41, 5.74) is 1.50. The number of benzene rings is 1. The Hall–Kier alpha value is -1.57. The van der Waals surface area contributed by atoms with Crippen molar-refractivity contribution in [1.29, 1.82) is 0 Å². The first kappa shape index (κ1) is 37.6. The fraction of sp³-hybridized carbons (Fsp3) is 0.780. The third kappa shape index (κ3) is 20.2. The molecule has 0 spiro atoms. The third-order valence-electron chi connectivity index (χ3n) is 9.82. The quantitative estimate of drug-likeness (QED) is 0.0796. The van der Waals surface area contributed by atoms with Crippen molar-refractivity contribution in [2.75, 3.05) is 0 Å². The van der Waals surface area contributed by atoms with E-state index in [9.17, 15) is 0 Å². The molecule has 2 aromatic rings. The van der Waals surface area contributed by atoms with E-state index in [-0.39, 0.29) is 0 Å². The van der Waals surface area contributed by atoms with Gasteiger partial charge in [-0.2, -0.15) is 0 Å². The molecule has 246 valence electrons. The molecule has 2 unspecified atom stereocenters. The number of nitrogens with zero attached hydrogens (tertiary/aromatic N) is 2. The normalized spacial score (nSPS) is 13.0. The van der Waals surface area contributed by atoms with Gasteiger partial charge >= 0.3 is 0 Å². The molecule has 1 heterocycles. The van der Waals surface area contributed by atoms with Gasteiger partial charge in [0, 0.05) is 18.4 Å². The topological polar surface area (TPSA) is 17.8 Å². The Morgan fingerprint density at radius 2 is 0.930 bits per heavy atom. The van der Waals surface area contributed by atoms with Crippen molar-refractivity contribution in [1.82, 2.24) is 9.55 Å². The largest absolute Gasteiger partial charge is 0.334 e. The Kier molecular flexibility index (Phi) is 24.4. The van der Waals surface area contributed by atoms with Gasteiger partial charge in [-0.05, 0) is 30.7 Å². The number of imidazole rings is 1. The van der Waals surface area contributed by atoms with Gasteiger partial charge in [0.1, 0.15) is 0 Å². The van der Waals surface area contributed by atoms with Crippen LogP contribution >= 0.6 is 0 Å². The van der Waals surface area contributed by atoms with E-state index in [4.69, 9.17) is 0 Å². The Bertz CT molecular complexity index is 798. The predicted octanol–water partition coefficient (Wildman–Crippen LogP) is 13.9. The first-order valence-corrected chi connectivity index (χ1v) is 19.4. The van der Waals surface area contributed by atoms with Crippen LogP contribution in [-0.2, 0) is 6.42 Å². The van der Waals surface area contributed by atoms with E-state index in [2.05, 4.69) is 66.3 Å². The van der Waals surface area contributed by atoms with Crippen LogP contribution < -0.4 is 0 Å². The monoisotopic (exact) mass is 593 g/mol. The van der Waals surface area contributed by atoms with Crippen LogP contribution in [-0.4, -0.2) is 9.55 Å². The molecular formula is C41H72N2. The fourth-order valence-corrected chi connectivity index (χ4v) is 7.06. The molecule has 2 atom stereocenters. The minimum Gasteiger partial charge on any atom is -0.334 e. The molecule has 0 saturated heterocycles. The van der Waals surface area contributed by atoms with Crippen molar-refractivity contribution < 1.29 is 0 Å². The lowest BCUT2D eigenvalue weighted by molar-refractivity contribution is 0.275. The maximum atomic E-state index is 4.47. The van der Waals surface area contributed by atoms with Crippen molar-refractivity contribution >= 4 is 0 Å². The van der Waals surface area contributed by atoms with Crippen LogP contribution in [0.5, 0.6) is 0 Å². The van der Waals surface area contributed by atoms with Gasteiger partial charge in [-0.1, -0.05) is 205 Å². The SMILES string of the molecule is CCCCCCCCCCCCCCCCCCCC(C(CCCCCCCCCC)Cc1ccccc1)n1ccnc1. The second-order valence-corrected chi connectivity index (χ2v) is 13.7. The highest BCUT2D eigenvalue weighted by Gasteiger charge is 2.23. The Morgan fingerprint density at radius 3 is 1.35 bits per heavy atom. The molecule has 0 bridgehead atoms. The summed E-state index contributed by atoms with van der Waals surface area (Å²) < 4.78 is 2.45. The highest BCUT2D eigenvalue weighted by atomic mass is 15.1. The van der Waals surface area contributed by atoms with Gasteiger partial charge in [0.2, 0.25) is 0 Å². The molecule has 0 fully saturated rings. The standard InChI is InChI=1S/C41H72N2/c1-3-5-7-9-11-13-14-15-16-17-18-19-20-21-23-25-30-34-41(43-36-35-42-38-43)40(37-39-31-27-26-28-32-39)33-29-24-22-12-10-8-6-4-2/h26-28,31-32,35-36,38,40-41H,3-25,29-30,33-34,37H2,1-2H3. The van der Waals surface area contributed by atoms with E-state index in [1.807, 2.05) is 6.20 Å². The van der Waals surface area contributed by atoms with Crippen LogP contribution in [0.1, 0.15) is 199 Å². The average Bonchev–Trinajstić information content (AvgIpc) is 3.57. The van der Waals surface area contributed by atoms with Crippen LogP contribution in [0.3, 0.4) is 0 Å². The van der Waals surface area contributed by atoms with Crippen LogP contribution in [0.2, 0.25) is 0 Å². The van der Waals surface area contributed by atoms with Crippen LogP contribution in [0, 0.1) is 5.92 Å². The molecular weight excluding hydrogens is 520 g/mol. The molecule has 0 saturated carbocycles. The van der Waals surface area contributed by atoms with Gasteiger partial charge in [0.05, 0.1) is 6.33 Å². The summed E-state index contributed by atoms with van der Waals surface area (Å²) in [6.45, 7) is 4.62. The first-order valence-electron chi connectivity index (χ1n) is 19.4. The van der Waals surface area contributed by atoms with E-state index >= 15 is 0 Å². The van der Waals surface area contributed by atoms with E-state index in [1.54, 1.807) is 0 Å². The van der Waals surface area contributed by atoms with E-state index < -0.39 is 0 Å². The molecule has 0 aliphatic rings. The zero-order chi connectivity index (χ0) is 30.5. The van der Waals surface area contributed by atoms with Gasteiger partial charge in [0.15, 0.2) is 0 Å². The molecule has 1 aromatic heterocycles. The third-order valence-corrected chi connectivity index (χ3v) is 9.82. The number of unbranched alkanes of at least 4 members (excludes halogenated alkanes) is 23. The molecule has 0 N–H and O–H groups in total. The van der Waals surface area contributed by atoms with Crippen molar-refractivity contribution in [3.63, 3.8) is 0 Å². The lowest BCUT2D eigenvalue weighted by Crippen LogP contribution is -2.21. The zero-order valence-corrected chi connectivity index (χ0v) is 29.0. The molecule has 0 radical (unpaired) electrons. The lowest BCUT2D eigenvalue weighted by Gasteiger charge is -2.29. The van der Waals surface area contributed by atoms with Crippen LogP contribution in [0.15, 0.2) is 49.1 Å². The number of rotatable bonds is 31. The molecule has 2 rings (SSSR count). The van der Waals surface area contributed by atoms with Crippen LogP contribution in [0.4, 0.5) is 0 Å². The highest BCUT2D eigenvalue weighted by molar-refractivity contribution is 5.15. The van der Waals surface area contributed by atoms with Gasteiger partial charge in [-0.15, -0.1) is 0 Å². The van der Waals surface area contributed by atoms with Gasteiger partial charge in [-0.3, -0.25) is 0 Å². The second kappa shape index (κ2) is 27.9. The molecule has 1 aromatic carbocycles. The number of hydrogen-bond acceptors (Lipinski definition) is 1.